The first kappa shape index (κ1) is 13.6. The van der Waals surface area contributed by atoms with E-state index in [4.69, 9.17) is 4.74 Å². The number of unbranched alkanes of at least 4 members (excludes halogenated alkanes) is 1. The Bertz CT molecular complexity index is 390. The van der Waals surface area contributed by atoms with E-state index in [1.54, 1.807) is 6.08 Å². The Labute approximate surface area is 97.1 Å². The summed E-state index contributed by atoms with van der Waals surface area (Å²) >= 11 is 0. The number of halogens is 4. The number of rotatable bonds is 6. The molecule has 0 radical (unpaired) electrons. The van der Waals surface area contributed by atoms with E-state index in [-0.39, 0.29) is 12.4 Å². The third-order valence-corrected chi connectivity index (χ3v) is 2.13. The van der Waals surface area contributed by atoms with Crippen LogP contribution in [0.3, 0.4) is 0 Å². The zero-order valence-corrected chi connectivity index (χ0v) is 9.14. The Balaban J connectivity index is 2.80. The van der Waals surface area contributed by atoms with Gasteiger partial charge in [0.05, 0.1) is 12.4 Å². The molecule has 1 rings (SSSR count). The van der Waals surface area contributed by atoms with Gasteiger partial charge in [-0.3, -0.25) is 0 Å². The maximum atomic E-state index is 12.8. The molecule has 0 bridgehead atoms. The number of hydrogen-bond donors (Lipinski definition) is 0. The van der Waals surface area contributed by atoms with Gasteiger partial charge in [0, 0.05) is 0 Å². The first-order valence-electron chi connectivity index (χ1n) is 5.18. The monoisotopic (exact) mass is 247 g/mol. The Morgan fingerprint density at radius 2 is 2.00 bits per heavy atom. The fourth-order valence-corrected chi connectivity index (χ4v) is 1.32. The molecule has 0 fully saturated rings. The van der Waals surface area contributed by atoms with Crippen molar-refractivity contribution in [1.29, 1.82) is 0 Å². The summed E-state index contributed by atoms with van der Waals surface area (Å²) in [6.45, 7) is -1.63. The van der Waals surface area contributed by atoms with E-state index in [2.05, 4.69) is 6.58 Å². The fourth-order valence-electron chi connectivity index (χ4n) is 1.32. The molecular weight excluding hydrogens is 235 g/mol. The first-order chi connectivity index (χ1) is 7.95. The van der Waals surface area contributed by atoms with Crippen LogP contribution in [0.5, 0.6) is 5.75 Å². The molecule has 0 N–H and O–H groups in total. The van der Waals surface area contributed by atoms with Gasteiger partial charge in [0.25, 0.3) is 0 Å². The van der Waals surface area contributed by atoms with E-state index in [9.17, 15) is 17.3 Å². The van der Waals surface area contributed by atoms with E-state index < -0.39 is 18.3 Å². The highest BCUT2D eigenvalue weighted by Gasteiger charge is 2.29. The predicted octanol–water partition coefficient (Wildman–Crippen LogP) is 3.23. The molecule has 17 heavy (non-hydrogen) atoms. The lowest BCUT2D eigenvalue weighted by molar-refractivity contribution is 0.312. The van der Waals surface area contributed by atoms with Crippen molar-refractivity contribution in [2.75, 3.05) is 6.61 Å². The lowest BCUT2D eigenvalue weighted by atomic mass is 9.79. The van der Waals surface area contributed by atoms with Crippen molar-refractivity contribution in [3.63, 3.8) is 0 Å². The van der Waals surface area contributed by atoms with Crippen LogP contribution in [-0.2, 0) is 0 Å². The molecule has 0 aromatic heterocycles. The molecular formula is C11H12BF4O-. The maximum absolute atomic E-state index is 12.8. The van der Waals surface area contributed by atoms with Crippen LogP contribution in [0.4, 0.5) is 17.3 Å². The molecule has 0 aliphatic heterocycles. The second kappa shape index (κ2) is 5.75. The number of benzene rings is 1. The van der Waals surface area contributed by atoms with Gasteiger partial charge in [0.2, 0.25) is 0 Å². The molecule has 0 saturated carbocycles. The van der Waals surface area contributed by atoms with Crippen LogP contribution in [0, 0.1) is 5.82 Å². The highest BCUT2D eigenvalue weighted by atomic mass is 19.4. The lowest BCUT2D eigenvalue weighted by Crippen LogP contribution is -2.35. The van der Waals surface area contributed by atoms with Crippen molar-refractivity contribution in [3.8, 4) is 5.75 Å². The molecule has 0 unspecified atom stereocenters. The van der Waals surface area contributed by atoms with Crippen LogP contribution in [0.15, 0.2) is 30.9 Å². The third kappa shape index (κ3) is 4.13. The lowest BCUT2D eigenvalue weighted by Gasteiger charge is -2.19. The molecule has 0 atom stereocenters. The van der Waals surface area contributed by atoms with E-state index in [1.807, 2.05) is 0 Å². The highest BCUT2D eigenvalue weighted by molar-refractivity contribution is 6.74. The zero-order valence-electron chi connectivity index (χ0n) is 9.14. The topological polar surface area (TPSA) is 9.23 Å². The zero-order chi connectivity index (χ0) is 12.9. The minimum atomic E-state index is -5.27. The van der Waals surface area contributed by atoms with Crippen LogP contribution >= 0.6 is 0 Å². The molecule has 0 heterocycles. The Morgan fingerprint density at radius 3 is 2.59 bits per heavy atom. The van der Waals surface area contributed by atoms with Gasteiger partial charge in [-0.2, -0.15) is 0 Å². The van der Waals surface area contributed by atoms with Crippen molar-refractivity contribution in [2.24, 2.45) is 0 Å². The van der Waals surface area contributed by atoms with Gasteiger partial charge >= 0.3 is 6.98 Å². The summed E-state index contributed by atoms with van der Waals surface area (Å²) in [5.41, 5.74) is -1.02. The van der Waals surface area contributed by atoms with Crippen molar-refractivity contribution in [3.05, 3.63) is 36.7 Å². The molecule has 1 aromatic rings. The van der Waals surface area contributed by atoms with Gasteiger partial charge in [-0.05, 0) is 31.0 Å². The standard InChI is InChI=1S/C11H12BF4O/c1-2-3-4-7-17-11-6-5-9(13)8-10(11)12(14,15)16/h2,5-6,8H,1,3-4,7H2/q-1. The first-order valence-corrected chi connectivity index (χ1v) is 5.18. The van der Waals surface area contributed by atoms with Crippen LogP contribution in [-0.4, -0.2) is 13.6 Å². The van der Waals surface area contributed by atoms with E-state index in [0.717, 1.165) is 12.1 Å². The molecule has 0 spiro atoms. The number of hydrogen-bond acceptors (Lipinski definition) is 1. The molecule has 94 valence electrons. The predicted molar refractivity (Wildman–Crippen MR) is 60.0 cm³/mol. The summed E-state index contributed by atoms with van der Waals surface area (Å²) in [5.74, 6) is -1.24. The minimum Gasteiger partial charge on any atom is -0.497 e. The minimum absolute atomic E-state index is 0.150. The van der Waals surface area contributed by atoms with Crippen molar-refractivity contribution >= 4 is 12.4 Å². The van der Waals surface area contributed by atoms with Gasteiger partial charge in [0.1, 0.15) is 5.82 Å². The Hall–Kier alpha value is -1.46. The molecule has 0 aliphatic rings. The molecule has 0 amide bonds. The van der Waals surface area contributed by atoms with Gasteiger partial charge in [-0.15, -0.1) is 6.58 Å². The summed E-state index contributed by atoms with van der Waals surface area (Å²) in [7, 11) is 0. The number of allylic oxidation sites excluding steroid dienone is 1. The molecule has 1 nitrogen and oxygen atoms in total. The second-order valence-electron chi connectivity index (χ2n) is 3.54. The quantitative estimate of drug-likeness (QED) is 0.324. The number of ether oxygens (including phenoxy) is 1. The van der Waals surface area contributed by atoms with Crippen LogP contribution in [0.2, 0.25) is 0 Å². The van der Waals surface area contributed by atoms with Crippen molar-refractivity contribution in [1.82, 2.24) is 0 Å². The molecule has 6 heteroatoms. The second-order valence-corrected chi connectivity index (χ2v) is 3.54. The fraction of sp³-hybridized carbons (Fsp3) is 0.273. The maximum Gasteiger partial charge on any atom is 0.513 e. The van der Waals surface area contributed by atoms with Crippen LogP contribution in [0.25, 0.3) is 0 Å². The van der Waals surface area contributed by atoms with E-state index in [0.29, 0.717) is 18.9 Å². The summed E-state index contributed by atoms with van der Waals surface area (Å²) in [4.78, 5) is 0. The van der Waals surface area contributed by atoms with Gasteiger partial charge in [0.15, 0.2) is 0 Å². The van der Waals surface area contributed by atoms with Crippen LogP contribution < -0.4 is 10.2 Å². The third-order valence-electron chi connectivity index (χ3n) is 2.13. The normalized spacial score (nSPS) is 11.3. The van der Waals surface area contributed by atoms with E-state index >= 15 is 0 Å². The molecule has 1 aromatic carbocycles. The Morgan fingerprint density at radius 1 is 1.29 bits per heavy atom. The van der Waals surface area contributed by atoms with Gasteiger partial charge in [-0.1, -0.05) is 11.5 Å². The smallest absolute Gasteiger partial charge is 0.497 e. The average Bonchev–Trinajstić information content (AvgIpc) is 2.25. The van der Waals surface area contributed by atoms with E-state index in [1.165, 1.54) is 0 Å². The summed E-state index contributed by atoms with van der Waals surface area (Å²) in [6, 6.07) is 2.42. The Kier molecular flexibility index (Phi) is 4.60. The van der Waals surface area contributed by atoms with Crippen molar-refractivity contribution < 1.29 is 22.1 Å². The summed E-state index contributed by atoms with van der Waals surface area (Å²) in [5, 5.41) is 0. The molecule has 0 saturated heterocycles. The van der Waals surface area contributed by atoms with Gasteiger partial charge < -0.3 is 17.7 Å². The summed E-state index contributed by atoms with van der Waals surface area (Å²) < 4.78 is 55.6. The SMILES string of the molecule is C=CCCCOc1ccc(F)cc1[B-](F)(F)F. The highest BCUT2D eigenvalue weighted by Crippen LogP contribution is 2.19. The van der Waals surface area contributed by atoms with Gasteiger partial charge in [-0.25, -0.2) is 4.39 Å². The largest absolute Gasteiger partial charge is 0.513 e. The summed E-state index contributed by atoms with van der Waals surface area (Å²) in [6.07, 6.45) is 2.89. The molecule has 0 aliphatic carbocycles. The van der Waals surface area contributed by atoms with Crippen molar-refractivity contribution in [2.45, 2.75) is 12.8 Å². The average molecular weight is 247 g/mol. The van der Waals surface area contributed by atoms with Crippen LogP contribution in [0.1, 0.15) is 12.8 Å².